The zero-order chi connectivity index (χ0) is 15.4. The number of amides is 1. The van der Waals surface area contributed by atoms with E-state index in [9.17, 15) is 14.4 Å². The smallest absolute Gasteiger partial charge is 0.320 e. The first-order chi connectivity index (χ1) is 9.27. The van der Waals surface area contributed by atoms with Gasteiger partial charge >= 0.3 is 5.97 Å². The summed E-state index contributed by atoms with van der Waals surface area (Å²) in [6.07, 6.45) is 2.01. The molecule has 3 N–H and O–H groups in total. The third-order valence-corrected chi connectivity index (χ3v) is 3.56. The third kappa shape index (κ3) is 3.66. The van der Waals surface area contributed by atoms with Gasteiger partial charge in [-0.3, -0.25) is 19.7 Å². The minimum absolute atomic E-state index is 0.115. The number of carbonyl (C=O) groups excluding carboxylic acids is 2. The van der Waals surface area contributed by atoms with Gasteiger partial charge in [-0.2, -0.15) is 0 Å². The Balaban J connectivity index is 2.99. The molecule has 1 rings (SSSR count). The Labute approximate surface area is 118 Å². The van der Waals surface area contributed by atoms with Gasteiger partial charge < -0.3 is 10.4 Å². The molecule has 0 unspecified atom stereocenters. The Bertz CT molecular complexity index is 419. The lowest BCUT2D eigenvalue weighted by atomic mass is 9.88. The fourth-order valence-electron chi connectivity index (χ4n) is 2.52. The van der Waals surface area contributed by atoms with Crippen LogP contribution in [0.1, 0.15) is 27.2 Å². The minimum Gasteiger partial charge on any atom is -0.480 e. The first-order valence-electron chi connectivity index (χ1n) is 6.70. The first-order valence-corrected chi connectivity index (χ1v) is 6.70. The summed E-state index contributed by atoms with van der Waals surface area (Å²) >= 11 is 0. The number of Topliss-reactive ketones (excluding diaryl/α,β-unsaturated/α-hetero) is 1. The van der Waals surface area contributed by atoms with Gasteiger partial charge in [0.25, 0.3) is 0 Å². The van der Waals surface area contributed by atoms with E-state index < -0.39 is 24.1 Å². The normalized spacial score (nSPS) is 27.1. The number of aliphatic carboxylic acids is 1. The second-order valence-electron chi connectivity index (χ2n) is 5.45. The zero-order valence-corrected chi connectivity index (χ0v) is 12.1. The van der Waals surface area contributed by atoms with Crippen LogP contribution in [0.25, 0.3) is 0 Å². The lowest BCUT2D eigenvalue weighted by Gasteiger charge is -2.28. The highest BCUT2D eigenvalue weighted by atomic mass is 16.4. The van der Waals surface area contributed by atoms with Crippen molar-refractivity contribution in [1.29, 1.82) is 0 Å². The van der Waals surface area contributed by atoms with Gasteiger partial charge in [-0.05, 0) is 12.3 Å². The monoisotopic (exact) mass is 282 g/mol. The van der Waals surface area contributed by atoms with Crippen molar-refractivity contribution in [3.8, 4) is 0 Å². The molecule has 1 amide bonds. The van der Waals surface area contributed by atoms with Gasteiger partial charge in [0.05, 0.1) is 0 Å². The summed E-state index contributed by atoms with van der Waals surface area (Å²) < 4.78 is 0. The van der Waals surface area contributed by atoms with E-state index in [2.05, 4.69) is 17.2 Å². The maximum Gasteiger partial charge on any atom is 0.320 e. The molecule has 1 heterocycles. The van der Waals surface area contributed by atoms with E-state index in [0.717, 1.165) is 0 Å². The predicted octanol–water partition coefficient (Wildman–Crippen LogP) is 0.333. The highest BCUT2D eigenvalue weighted by Crippen LogP contribution is 2.25. The van der Waals surface area contributed by atoms with Crippen LogP contribution in [0.3, 0.4) is 0 Å². The Morgan fingerprint density at radius 3 is 2.40 bits per heavy atom. The summed E-state index contributed by atoms with van der Waals surface area (Å²) in [5, 5.41) is 14.6. The van der Waals surface area contributed by atoms with Crippen molar-refractivity contribution in [3.05, 3.63) is 12.7 Å². The van der Waals surface area contributed by atoms with Crippen LogP contribution in [0.5, 0.6) is 0 Å². The van der Waals surface area contributed by atoms with E-state index in [0.29, 0.717) is 6.42 Å². The number of rotatable bonds is 6. The average Bonchev–Trinajstić information content (AvgIpc) is 2.78. The van der Waals surface area contributed by atoms with Crippen LogP contribution in [-0.4, -0.2) is 40.9 Å². The highest BCUT2D eigenvalue weighted by Gasteiger charge is 2.43. The molecule has 6 nitrogen and oxygen atoms in total. The van der Waals surface area contributed by atoms with Gasteiger partial charge in [-0.15, -0.1) is 6.58 Å². The lowest BCUT2D eigenvalue weighted by Crippen LogP contribution is -2.56. The van der Waals surface area contributed by atoms with Crippen molar-refractivity contribution < 1.29 is 19.5 Å². The molecule has 0 saturated carbocycles. The topological polar surface area (TPSA) is 95.5 Å². The van der Waals surface area contributed by atoms with Crippen LogP contribution < -0.4 is 10.6 Å². The molecule has 6 heteroatoms. The first kappa shape index (κ1) is 16.4. The Morgan fingerprint density at radius 2 is 2.00 bits per heavy atom. The lowest BCUT2D eigenvalue weighted by molar-refractivity contribution is -0.139. The fraction of sp³-hybridized carbons (Fsp3) is 0.643. The average molecular weight is 282 g/mol. The number of hydrogen-bond acceptors (Lipinski definition) is 4. The number of carbonyl (C=O) groups is 3. The molecule has 1 saturated heterocycles. The molecule has 0 radical (unpaired) electrons. The molecule has 0 aliphatic carbocycles. The number of hydrogen-bond donors (Lipinski definition) is 3. The standard InChI is InChI=1S/C14H22N2O4/c1-5-9-6-10(14(19)20)16-11(9)12(15-8(4)17)13(18)7(2)3/h5,7,9-12,16H,1,6H2,2-4H3,(H,15,17)(H,19,20)/t9-,10-,11-,12-/m1/s1. The van der Waals surface area contributed by atoms with Crippen LogP contribution in [0.4, 0.5) is 0 Å². The van der Waals surface area contributed by atoms with E-state index in [4.69, 9.17) is 5.11 Å². The second kappa shape index (κ2) is 6.65. The summed E-state index contributed by atoms with van der Waals surface area (Å²) in [4.78, 5) is 34.7. The molecular weight excluding hydrogens is 260 g/mol. The van der Waals surface area contributed by atoms with Crippen molar-refractivity contribution in [1.82, 2.24) is 10.6 Å². The second-order valence-corrected chi connectivity index (χ2v) is 5.45. The van der Waals surface area contributed by atoms with Crippen molar-refractivity contribution >= 4 is 17.7 Å². The van der Waals surface area contributed by atoms with Crippen molar-refractivity contribution in [2.75, 3.05) is 0 Å². The maximum absolute atomic E-state index is 12.3. The Hall–Kier alpha value is -1.69. The number of carboxylic acids is 1. The summed E-state index contributed by atoms with van der Waals surface area (Å²) in [6.45, 7) is 8.54. The van der Waals surface area contributed by atoms with E-state index in [1.165, 1.54) is 6.92 Å². The van der Waals surface area contributed by atoms with Crippen LogP contribution in [0, 0.1) is 11.8 Å². The summed E-state index contributed by atoms with van der Waals surface area (Å²) in [5.41, 5.74) is 0. The molecule has 0 aromatic rings. The third-order valence-electron chi connectivity index (χ3n) is 3.56. The molecule has 0 spiro atoms. The minimum atomic E-state index is -0.960. The molecule has 0 aromatic heterocycles. The summed E-state index contributed by atoms with van der Waals surface area (Å²) in [7, 11) is 0. The molecular formula is C14H22N2O4. The number of ketones is 1. The number of nitrogens with one attached hydrogen (secondary N) is 2. The van der Waals surface area contributed by atoms with E-state index >= 15 is 0 Å². The molecule has 112 valence electrons. The Morgan fingerprint density at radius 1 is 1.40 bits per heavy atom. The van der Waals surface area contributed by atoms with Crippen LogP contribution in [-0.2, 0) is 14.4 Å². The van der Waals surface area contributed by atoms with Crippen LogP contribution in [0.2, 0.25) is 0 Å². The molecule has 1 aliphatic rings. The van der Waals surface area contributed by atoms with Crippen molar-refractivity contribution in [2.45, 2.75) is 45.3 Å². The van der Waals surface area contributed by atoms with E-state index in [1.807, 2.05) is 0 Å². The maximum atomic E-state index is 12.3. The molecule has 1 fully saturated rings. The van der Waals surface area contributed by atoms with Gasteiger partial charge in [0.1, 0.15) is 12.1 Å². The summed E-state index contributed by atoms with van der Waals surface area (Å²) in [5.74, 6) is -1.81. The van der Waals surface area contributed by atoms with Gasteiger partial charge in [-0.1, -0.05) is 19.9 Å². The van der Waals surface area contributed by atoms with Crippen molar-refractivity contribution in [2.24, 2.45) is 11.8 Å². The molecule has 1 aliphatic heterocycles. The van der Waals surface area contributed by atoms with Crippen LogP contribution >= 0.6 is 0 Å². The molecule has 20 heavy (non-hydrogen) atoms. The highest BCUT2D eigenvalue weighted by molar-refractivity contribution is 5.90. The SMILES string of the molecule is C=C[C@@H]1C[C@H](C(=O)O)N[C@H]1[C@@H](NC(C)=O)C(=O)C(C)C. The van der Waals surface area contributed by atoms with Crippen LogP contribution in [0.15, 0.2) is 12.7 Å². The molecule has 4 atom stereocenters. The van der Waals surface area contributed by atoms with Gasteiger partial charge in [-0.25, -0.2) is 0 Å². The van der Waals surface area contributed by atoms with Gasteiger partial charge in [0.2, 0.25) is 5.91 Å². The van der Waals surface area contributed by atoms with Crippen molar-refractivity contribution in [3.63, 3.8) is 0 Å². The fourth-order valence-corrected chi connectivity index (χ4v) is 2.52. The largest absolute Gasteiger partial charge is 0.480 e. The molecule has 0 aromatic carbocycles. The van der Waals surface area contributed by atoms with E-state index in [1.54, 1.807) is 19.9 Å². The quantitative estimate of drug-likeness (QED) is 0.610. The zero-order valence-electron chi connectivity index (χ0n) is 12.1. The van der Waals surface area contributed by atoms with E-state index in [-0.39, 0.29) is 23.5 Å². The Kier molecular flexibility index (Phi) is 5.44. The molecule has 0 bridgehead atoms. The summed E-state index contributed by atoms with van der Waals surface area (Å²) in [6, 6.07) is -1.90. The number of carboxylic acid groups (broad SMARTS) is 1. The van der Waals surface area contributed by atoms with Gasteiger partial charge in [0, 0.05) is 18.9 Å². The predicted molar refractivity (Wildman–Crippen MR) is 74.1 cm³/mol. The van der Waals surface area contributed by atoms with Gasteiger partial charge in [0.15, 0.2) is 5.78 Å².